The predicted octanol–water partition coefficient (Wildman–Crippen LogP) is 5.09. The van der Waals surface area contributed by atoms with Crippen molar-refractivity contribution in [1.29, 1.82) is 0 Å². The summed E-state index contributed by atoms with van der Waals surface area (Å²) in [6.07, 6.45) is 8.53. The van der Waals surface area contributed by atoms with Gasteiger partial charge in [-0.2, -0.15) is 0 Å². The number of benzene rings is 2. The maximum Gasteiger partial charge on any atom is 0.163 e. The number of unbranched alkanes of at least 4 members (excludes halogenated alkanes) is 1. The monoisotopic (exact) mass is 408 g/mol. The normalized spacial score (nSPS) is 11.3. The molecular formula is C25H28O5. The molecule has 0 spiro atoms. The maximum absolute atomic E-state index is 12.1. The summed E-state index contributed by atoms with van der Waals surface area (Å²) in [5.74, 6) is 0.0265. The lowest BCUT2D eigenvalue weighted by molar-refractivity contribution is -0.121. The van der Waals surface area contributed by atoms with Gasteiger partial charge in [-0.25, -0.2) is 0 Å². The van der Waals surface area contributed by atoms with Gasteiger partial charge in [-0.15, -0.1) is 0 Å². The number of aryl methyl sites for hydroxylation is 1. The SMILES string of the molecule is CCCCc1cc(/C=C/C(=O)CC(=O)/C=C/c2ccc(O)c(OCC)c2)ccc1O. The number of phenols is 2. The first-order chi connectivity index (χ1) is 14.4. The fourth-order valence-electron chi connectivity index (χ4n) is 2.85. The van der Waals surface area contributed by atoms with Crippen LogP contribution in [0.25, 0.3) is 12.2 Å². The third-order valence-corrected chi connectivity index (χ3v) is 4.46. The number of allylic oxidation sites excluding steroid dienone is 2. The van der Waals surface area contributed by atoms with Gasteiger partial charge >= 0.3 is 0 Å². The van der Waals surface area contributed by atoms with Crippen molar-refractivity contribution < 1.29 is 24.5 Å². The Morgan fingerprint density at radius 1 is 0.900 bits per heavy atom. The summed E-state index contributed by atoms with van der Waals surface area (Å²) < 4.78 is 5.31. The first kappa shape index (κ1) is 22.9. The zero-order valence-corrected chi connectivity index (χ0v) is 17.4. The number of carbonyl (C=O) groups excluding carboxylic acids is 2. The van der Waals surface area contributed by atoms with Gasteiger partial charge in [0.1, 0.15) is 5.75 Å². The smallest absolute Gasteiger partial charge is 0.163 e. The standard InChI is InChI=1S/C25H28O5/c1-3-5-6-20-15-18(9-13-23(20)28)7-11-21(26)17-22(27)12-8-19-10-14-24(29)25(16-19)30-4-2/h7-16,28-29H,3-6,17H2,1-2H3/b11-7+,12-8+. The highest BCUT2D eigenvalue weighted by molar-refractivity contribution is 6.10. The third kappa shape index (κ3) is 7.24. The molecule has 5 heteroatoms. The van der Waals surface area contributed by atoms with E-state index in [-0.39, 0.29) is 29.5 Å². The van der Waals surface area contributed by atoms with Gasteiger partial charge < -0.3 is 14.9 Å². The predicted molar refractivity (Wildman–Crippen MR) is 119 cm³/mol. The Kier molecular flexibility index (Phi) is 8.88. The van der Waals surface area contributed by atoms with E-state index in [1.807, 2.05) is 13.0 Å². The van der Waals surface area contributed by atoms with E-state index < -0.39 is 0 Å². The van der Waals surface area contributed by atoms with Crippen LogP contribution < -0.4 is 4.74 Å². The number of phenolic OH excluding ortho intramolecular Hbond substituents is 2. The Labute approximate surface area is 177 Å². The lowest BCUT2D eigenvalue weighted by atomic mass is 10.0. The van der Waals surface area contributed by atoms with Crippen molar-refractivity contribution in [3.8, 4) is 17.2 Å². The fourth-order valence-corrected chi connectivity index (χ4v) is 2.85. The molecule has 5 nitrogen and oxygen atoms in total. The van der Waals surface area contributed by atoms with E-state index in [0.29, 0.717) is 17.9 Å². The molecule has 2 N–H and O–H groups in total. The molecule has 0 saturated carbocycles. The second kappa shape index (κ2) is 11.6. The minimum Gasteiger partial charge on any atom is -0.508 e. The Morgan fingerprint density at radius 2 is 1.50 bits per heavy atom. The van der Waals surface area contributed by atoms with E-state index in [2.05, 4.69) is 6.92 Å². The molecule has 0 radical (unpaired) electrons. The number of ketones is 2. The van der Waals surface area contributed by atoms with Crippen molar-refractivity contribution in [2.75, 3.05) is 6.61 Å². The quantitative estimate of drug-likeness (QED) is 0.399. The molecule has 158 valence electrons. The van der Waals surface area contributed by atoms with E-state index >= 15 is 0 Å². The van der Waals surface area contributed by atoms with Crippen LogP contribution in [0.4, 0.5) is 0 Å². The molecule has 0 aromatic heterocycles. The molecule has 0 fully saturated rings. The highest BCUT2D eigenvalue weighted by Crippen LogP contribution is 2.27. The van der Waals surface area contributed by atoms with Gasteiger partial charge in [0.25, 0.3) is 0 Å². The van der Waals surface area contributed by atoms with Crippen molar-refractivity contribution >= 4 is 23.7 Å². The summed E-state index contributed by atoms with van der Waals surface area (Å²) in [6, 6.07) is 10.00. The molecule has 0 aliphatic carbocycles. The van der Waals surface area contributed by atoms with E-state index in [0.717, 1.165) is 30.4 Å². The van der Waals surface area contributed by atoms with Crippen LogP contribution in [0.1, 0.15) is 49.8 Å². The summed E-state index contributed by atoms with van der Waals surface area (Å²) in [7, 11) is 0. The second-order valence-electron chi connectivity index (χ2n) is 6.93. The molecular weight excluding hydrogens is 380 g/mol. The molecule has 2 aromatic rings. The molecule has 0 heterocycles. The Balaban J connectivity index is 1.95. The molecule has 0 amide bonds. The van der Waals surface area contributed by atoms with Gasteiger partial charge in [0.2, 0.25) is 0 Å². The van der Waals surface area contributed by atoms with Crippen molar-refractivity contribution in [2.45, 2.75) is 39.5 Å². The number of hydrogen-bond donors (Lipinski definition) is 2. The summed E-state index contributed by atoms with van der Waals surface area (Å²) in [5, 5.41) is 19.6. The average molecular weight is 408 g/mol. The van der Waals surface area contributed by atoms with Crippen LogP contribution in [-0.2, 0) is 16.0 Å². The molecule has 0 aliphatic rings. The van der Waals surface area contributed by atoms with Crippen LogP contribution in [0.5, 0.6) is 17.2 Å². The van der Waals surface area contributed by atoms with Crippen LogP contribution >= 0.6 is 0 Å². The average Bonchev–Trinajstić information content (AvgIpc) is 2.73. The molecule has 0 aliphatic heterocycles. The molecule has 30 heavy (non-hydrogen) atoms. The first-order valence-corrected chi connectivity index (χ1v) is 10.1. The van der Waals surface area contributed by atoms with Gasteiger partial charge in [0, 0.05) is 0 Å². The molecule has 0 bridgehead atoms. The van der Waals surface area contributed by atoms with Crippen LogP contribution in [0.3, 0.4) is 0 Å². The van der Waals surface area contributed by atoms with Gasteiger partial charge in [-0.3, -0.25) is 9.59 Å². The van der Waals surface area contributed by atoms with Crippen molar-refractivity contribution in [1.82, 2.24) is 0 Å². The van der Waals surface area contributed by atoms with E-state index in [9.17, 15) is 19.8 Å². The summed E-state index contributed by atoms with van der Waals surface area (Å²) >= 11 is 0. The van der Waals surface area contributed by atoms with E-state index in [4.69, 9.17) is 4.74 Å². The minimum atomic E-state index is -0.315. The van der Waals surface area contributed by atoms with Crippen molar-refractivity contribution in [3.05, 3.63) is 65.2 Å². The Morgan fingerprint density at radius 3 is 2.10 bits per heavy atom. The van der Waals surface area contributed by atoms with Crippen LogP contribution in [-0.4, -0.2) is 28.4 Å². The summed E-state index contributed by atoms with van der Waals surface area (Å²) in [6.45, 7) is 4.32. The molecule has 0 atom stereocenters. The molecule has 0 unspecified atom stereocenters. The van der Waals surface area contributed by atoms with Gasteiger partial charge in [-0.05, 0) is 72.9 Å². The Hall–Kier alpha value is -3.34. The lowest BCUT2D eigenvalue weighted by Gasteiger charge is -2.06. The zero-order chi connectivity index (χ0) is 21.9. The first-order valence-electron chi connectivity index (χ1n) is 10.1. The number of carbonyl (C=O) groups is 2. The zero-order valence-electron chi connectivity index (χ0n) is 17.4. The third-order valence-electron chi connectivity index (χ3n) is 4.46. The summed E-state index contributed by atoms with van der Waals surface area (Å²) in [4.78, 5) is 24.2. The topological polar surface area (TPSA) is 83.8 Å². The second-order valence-corrected chi connectivity index (χ2v) is 6.93. The highest BCUT2D eigenvalue weighted by Gasteiger charge is 2.06. The molecule has 2 aromatic carbocycles. The van der Waals surface area contributed by atoms with Gasteiger partial charge in [0.15, 0.2) is 23.1 Å². The van der Waals surface area contributed by atoms with E-state index in [1.54, 1.807) is 36.4 Å². The lowest BCUT2D eigenvalue weighted by Crippen LogP contribution is -2.02. The van der Waals surface area contributed by atoms with Crippen LogP contribution in [0.2, 0.25) is 0 Å². The fraction of sp³-hybridized carbons (Fsp3) is 0.280. The number of aromatic hydroxyl groups is 2. The number of ether oxygens (including phenoxy) is 1. The molecule has 0 saturated heterocycles. The van der Waals surface area contributed by atoms with Crippen molar-refractivity contribution in [2.24, 2.45) is 0 Å². The molecule has 2 rings (SSSR count). The van der Waals surface area contributed by atoms with Gasteiger partial charge in [0.05, 0.1) is 13.0 Å². The van der Waals surface area contributed by atoms with Gasteiger partial charge in [-0.1, -0.05) is 37.6 Å². The largest absolute Gasteiger partial charge is 0.508 e. The number of hydrogen-bond acceptors (Lipinski definition) is 5. The highest BCUT2D eigenvalue weighted by atomic mass is 16.5. The maximum atomic E-state index is 12.1. The van der Waals surface area contributed by atoms with Crippen LogP contribution in [0.15, 0.2) is 48.6 Å². The number of rotatable bonds is 11. The van der Waals surface area contributed by atoms with Crippen LogP contribution in [0, 0.1) is 0 Å². The Bertz CT molecular complexity index is 941. The minimum absolute atomic E-state index is 0.0349. The van der Waals surface area contributed by atoms with Crippen molar-refractivity contribution in [3.63, 3.8) is 0 Å². The van der Waals surface area contributed by atoms with E-state index in [1.165, 1.54) is 18.2 Å². The summed E-state index contributed by atoms with van der Waals surface area (Å²) in [5.41, 5.74) is 2.35.